The molecular formula is C18H20N4OS3. The first kappa shape index (κ1) is 17.8. The number of thiophene rings is 1. The molecule has 0 radical (unpaired) electrons. The van der Waals surface area contributed by atoms with E-state index in [1.54, 1.807) is 22.7 Å². The van der Waals surface area contributed by atoms with E-state index in [-0.39, 0.29) is 12.3 Å². The van der Waals surface area contributed by atoms with Crippen LogP contribution < -0.4 is 5.32 Å². The van der Waals surface area contributed by atoms with Crippen molar-refractivity contribution >= 4 is 45.0 Å². The van der Waals surface area contributed by atoms with Crippen molar-refractivity contribution in [2.45, 2.75) is 32.2 Å². The van der Waals surface area contributed by atoms with Crippen molar-refractivity contribution in [2.75, 3.05) is 18.4 Å². The monoisotopic (exact) mass is 404 g/mol. The SMILES string of the molecule is O=C(Cc1csc(-c2cccs2)n1)Nc1nc(CN2CCCCC2)cs1. The van der Waals surface area contributed by atoms with E-state index in [1.807, 2.05) is 28.3 Å². The standard InChI is InChI=1S/C18H20N4OS3/c23-16(9-13-11-25-17(19-13)15-5-4-8-24-15)21-18-20-14(12-26-18)10-22-6-2-1-3-7-22/h4-5,8,11-12H,1-3,6-7,9-10H2,(H,20,21,23). The Kier molecular flexibility index (Phi) is 5.74. The van der Waals surface area contributed by atoms with Gasteiger partial charge in [-0.15, -0.1) is 34.0 Å². The van der Waals surface area contributed by atoms with Gasteiger partial charge in [-0.2, -0.15) is 0 Å². The van der Waals surface area contributed by atoms with Gasteiger partial charge in [0.1, 0.15) is 5.01 Å². The van der Waals surface area contributed by atoms with Crippen molar-refractivity contribution < 1.29 is 4.79 Å². The third-order valence-corrected chi connectivity index (χ3v) is 6.99. The molecular weight excluding hydrogens is 384 g/mol. The van der Waals surface area contributed by atoms with Crippen molar-refractivity contribution in [2.24, 2.45) is 0 Å². The third kappa shape index (κ3) is 4.56. The van der Waals surface area contributed by atoms with E-state index < -0.39 is 0 Å². The van der Waals surface area contributed by atoms with Gasteiger partial charge in [0.05, 0.1) is 22.7 Å². The van der Waals surface area contributed by atoms with Crippen LogP contribution in [0.1, 0.15) is 30.7 Å². The van der Waals surface area contributed by atoms with Gasteiger partial charge < -0.3 is 5.32 Å². The summed E-state index contributed by atoms with van der Waals surface area (Å²) in [6.07, 6.45) is 4.16. The van der Waals surface area contributed by atoms with E-state index in [4.69, 9.17) is 0 Å². The fraction of sp³-hybridized carbons (Fsp3) is 0.389. The minimum Gasteiger partial charge on any atom is -0.302 e. The van der Waals surface area contributed by atoms with Crippen molar-refractivity contribution in [3.63, 3.8) is 0 Å². The summed E-state index contributed by atoms with van der Waals surface area (Å²) in [4.78, 5) is 25.0. The molecule has 0 saturated carbocycles. The lowest BCUT2D eigenvalue weighted by atomic mass is 10.1. The predicted octanol–water partition coefficient (Wildman–Crippen LogP) is 4.50. The second kappa shape index (κ2) is 8.39. The third-order valence-electron chi connectivity index (χ3n) is 4.26. The molecule has 0 bridgehead atoms. The van der Waals surface area contributed by atoms with Gasteiger partial charge in [-0.3, -0.25) is 9.69 Å². The first-order chi connectivity index (χ1) is 12.8. The van der Waals surface area contributed by atoms with E-state index in [1.165, 1.54) is 30.6 Å². The Hall–Kier alpha value is -1.61. The number of nitrogens with one attached hydrogen (secondary N) is 1. The van der Waals surface area contributed by atoms with E-state index in [0.717, 1.165) is 40.9 Å². The molecule has 1 aliphatic rings. The fourth-order valence-electron chi connectivity index (χ4n) is 3.01. The van der Waals surface area contributed by atoms with Gasteiger partial charge in [-0.1, -0.05) is 12.5 Å². The number of amides is 1. The first-order valence-electron chi connectivity index (χ1n) is 8.71. The highest BCUT2D eigenvalue weighted by Gasteiger charge is 2.14. The minimum absolute atomic E-state index is 0.0631. The van der Waals surface area contributed by atoms with Gasteiger partial charge in [0, 0.05) is 17.3 Å². The highest BCUT2D eigenvalue weighted by Crippen LogP contribution is 2.28. The van der Waals surface area contributed by atoms with Gasteiger partial charge in [0.2, 0.25) is 5.91 Å². The summed E-state index contributed by atoms with van der Waals surface area (Å²) in [5.74, 6) is -0.0631. The van der Waals surface area contributed by atoms with Crippen LogP contribution in [0.25, 0.3) is 9.88 Å². The lowest BCUT2D eigenvalue weighted by molar-refractivity contribution is -0.115. The molecule has 136 valence electrons. The van der Waals surface area contributed by atoms with Crippen molar-refractivity contribution in [3.05, 3.63) is 39.7 Å². The highest BCUT2D eigenvalue weighted by molar-refractivity contribution is 7.20. The first-order valence-corrected chi connectivity index (χ1v) is 11.3. The molecule has 1 fully saturated rings. The van der Waals surface area contributed by atoms with Crippen LogP contribution in [0.3, 0.4) is 0 Å². The Bertz CT molecular complexity index is 850. The van der Waals surface area contributed by atoms with Gasteiger partial charge in [-0.25, -0.2) is 9.97 Å². The summed E-state index contributed by atoms with van der Waals surface area (Å²) in [5, 5.41) is 10.6. The van der Waals surface area contributed by atoms with Crippen LogP contribution in [0, 0.1) is 0 Å². The van der Waals surface area contributed by atoms with Gasteiger partial charge in [0.25, 0.3) is 0 Å². The lowest BCUT2D eigenvalue weighted by Crippen LogP contribution is -2.29. The molecule has 1 aliphatic heterocycles. The highest BCUT2D eigenvalue weighted by atomic mass is 32.1. The van der Waals surface area contributed by atoms with Crippen LogP contribution in [-0.2, 0) is 17.8 Å². The zero-order valence-corrected chi connectivity index (χ0v) is 16.8. The molecule has 26 heavy (non-hydrogen) atoms. The summed E-state index contributed by atoms with van der Waals surface area (Å²) in [5.41, 5.74) is 1.85. The Morgan fingerprint density at radius 2 is 1.92 bits per heavy atom. The number of hydrogen-bond acceptors (Lipinski definition) is 7. The maximum absolute atomic E-state index is 12.3. The van der Waals surface area contributed by atoms with E-state index >= 15 is 0 Å². The number of anilines is 1. The number of piperidine rings is 1. The van der Waals surface area contributed by atoms with Gasteiger partial charge in [0.15, 0.2) is 5.13 Å². The fourth-order valence-corrected chi connectivity index (χ4v) is 5.36. The van der Waals surface area contributed by atoms with Crippen molar-refractivity contribution in [1.29, 1.82) is 0 Å². The molecule has 8 heteroatoms. The predicted molar refractivity (Wildman–Crippen MR) is 109 cm³/mol. The Morgan fingerprint density at radius 3 is 2.73 bits per heavy atom. The molecule has 3 aromatic rings. The second-order valence-electron chi connectivity index (χ2n) is 6.33. The molecule has 1 saturated heterocycles. The van der Waals surface area contributed by atoms with Crippen LogP contribution >= 0.6 is 34.0 Å². The molecule has 4 heterocycles. The van der Waals surface area contributed by atoms with Crippen LogP contribution in [0.2, 0.25) is 0 Å². The average molecular weight is 405 g/mol. The Morgan fingerprint density at radius 1 is 1.08 bits per heavy atom. The molecule has 0 spiro atoms. The summed E-state index contributed by atoms with van der Waals surface area (Å²) >= 11 is 4.74. The molecule has 3 aromatic heterocycles. The van der Waals surface area contributed by atoms with Crippen LogP contribution in [-0.4, -0.2) is 33.9 Å². The molecule has 1 amide bonds. The van der Waals surface area contributed by atoms with E-state index in [9.17, 15) is 4.79 Å². The second-order valence-corrected chi connectivity index (χ2v) is 8.99. The maximum atomic E-state index is 12.3. The van der Waals surface area contributed by atoms with Gasteiger partial charge in [-0.05, 0) is 37.4 Å². The van der Waals surface area contributed by atoms with Crippen LogP contribution in [0.4, 0.5) is 5.13 Å². The quantitative estimate of drug-likeness (QED) is 0.657. The number of rotatable bonds is 6. The summed E-state index contributed by atoms with van der Waals surface area (Å²) < 4.78 is 0. The summed E-state index contributed by atoms with van der Waals surface area (Å²) in [7, 11) is 0. The number of carbonyl (C=O) groups excluding carboxylic acids is 1. The summed E-state index contributed by atoms with van der Waals surface area (Å²) in [6.45, 7) is 3.17. The Labute approximate surface area is 164 Å². The smallest absolute Gasteiger partial charge is 0.232 e. The number of aromatic nitrogens is 2. The molecule has 0 aromatic carbocycles. The van der Waals surface area contributed by atoms with Crippen LogP contribution in [0.15, 0.2) is 28.3 Å². The van der Waals surface area contributed by atoms with Crippen LogP contribution in [0.5, 0.6) is 0 Å². The molecule has 0 unspecified atom stereocenters. The largest absolute Gasteiger partial charge is 0.302 e. The number of hydrogen-bond donors (Lipinski definition) is 1. The molecule has 0 aliphatic carbocycles. The van der Waals surface area contributed by atoms with E-state index in [0.29, 0.717) is 5.13 Å². The average Bonchev–Trinajstić information content (AvgIpc) is 3.37. The lowest BCUT2D eigenvalue weighted by Gasteiger charge is -2.25. The van der Waals surface area contributed by atoms with Gasteiger partial charge >= 0.3 is 0 Å². The van der Waals surface area contributed by atoms with Crippen molar-refractivity contribution in [1.82, 2.24) is 14.9 Å². The zero-order chi connectivity index (χ0) is 17.8. The normalized spacial score (nSPS) is 15.2. The topological polar surface area (TPSA) is 58.1 Å². The molecule has 4 rings (SSSR count). The van der Waals surface area contributed by atoms with E-state index in [2.05, 4.69) is 20.2 Å². The molecule has 1 N–H and O–H groups in total. The number of thiazole rings is 2. The number of carbonyl (C=O) groups is 1. The zero-order valence-electron chi connectivity index (χ0n) is 14.3. The maximum Gasteiger partial charge on any atom is 0.232 e. The molecule has 0 atom stereocenters. The van der Waals surface area contributed by atoms with Crippen molar-refractivity contribution in [3.8, 4) is 9.88 Å². The number of likely N-dealkylation sites (tertiary alicyclic amines) is 1. The molecule has 5 nitrogen and oxygen atoms in total. The minimum atomic E-state index is -0.0631. The number of nitrogens with zero attached hydrogens (tertiary/aromatic N) is 3. The Balaban J connectivity index is 1.31. The summed E-state index contributed by atoms with van der Waals surface area (Å²) in [6, 6.07) is 4.06.